The van der Waals surface area contributed by atoms with Crippen molar-refractivity contribution in [1.82, 2.24) is 15.0 Å². The van der Waals surface area contributed by atoms with Crippen molar-refractivity contribution in [3.8, 4) is 11.4 Å². The Labute approximate surface area is 139 Å². The molecule has 0 radical (unpaired) electrons. The van der Waals surface area contributed by atoms with Gasteiger partial charge in [0.1, 0.15) is 0 Å². The van der Waals surface area contributed by atoms with E-state index in [2.05, 4.69) is 10.1 Å². The lowest BCUT2D eigenvalue weighted by molar-refractivity contribution is -0.139. The lowest BCUT2D eigenvalue weighted by atomic mass is 9.85. The Morgan fingerprint density at radius 2 is 1.71 bits per heavy atom. The number of likely N-dealkylation sites (tertiary alicyclic amines) is 1. The minimum atomic E-state index is -0.190. The zero-order valence-corrected chi connectivity index (χ0v) is 13.1. The molecule has 2 atom stereocenters. The summed E-state index contributed by atoms with van der Waals surface area (Å²) in [6.07, 6.45) is 5.67. The molecule has 1 aliphatic carbocycles. The highest BCUT2D eigenvalue weighted by Crippen LogP contribution is 2.35. The van der Waals surface area contributed by atoms with E-state index in [4.69, 9.17) is 4.52 Å². The van der Waals surface area contributed by atoms with Gasteiger partial charge in [0.25, 0.3) is 0 Å². The lowest BCUT2D eigenvalue weighted by Crippen LogP contribution is -2.33. The van der Waals surface area contributed by atoms with E-state index in [0.29, 0.717) is 37.5 Å². The molecular formula is C18H17N3O3. The molecule has 2 aliphatic rings. The number of hydrogen-bond acceptors (Lipinski definition) is 5. The second-order valence-electron chi connectivity index (χ2n) is 6.11. The summed E-state index contributed by atoms with van der Waals surface area (Å²) in [5.41, 5.74) is 0.873. The summed E-state index contributed by atoms with van der Waals surface area (Å²) in [6, 6.07) is 9.54. The second-order valence-corrected chi connectivity index (χ2v) is 6.11. The minimum absolute atomic E-state index is 0.0721. The van der Waals surface area contributed by atoms with Crippen LogP contribution in [0.4, 0.5) is 0 Å². The van der Waals surface area contributed by atoms with E-state index in [1.807, 2.05) is 42.5 Å². The Morgan fingerprint density at radius 3 is 2.38 bits per heavy atom. The molecular weight excluding hydrogens is 306 g/mol. The van der Waals surface area contributed by atoms with Gasteiger partial charge in [-0.05, 0) is 12.8 Å². The molecule has 2 amide bonds. The van der Waals surface area contributed by atoms with Crippen LogP contribution in [0.1, 0.15) is 18.7 Å². The van der Waals surface area contributed by atoms with Gasteiger partial charge in [0.05, 0.1) is 11.8 Å². The molecule has 1 aromatic heterocycles. The van der Waals surface area contributed by atoms with Crippen molar-refractivity contribution < 1.29 is 14.1 Å². The van der Waals surface area contributed by atoms with Gasteiger partial charge in [0.15, 0.2) is 0 Å². The van der Waals surface area contributed by atoms with Crippen molar-refractivity contribution >= 4 is 11.8 Å². The smallest absolute Gasteiger partial charge is 0.233 e. The molecule has 6 nitrogen and oxygen atoms in total. The number of carbonyl (C=O) groups is 2. The predicted octanol–water partition coefficient (Wildman–Crippen LogP) is 2.23. The first-order chi connectivity index (χ1) is 11.7. The van der Waals surface area contributed by atoms with Crippen LogP contribution in [0.3, 0.4) is 0 Å². The lowest BCUT2D eigenvalue weighted by Gasteiger charge is -2.14. The van der Waals surface area contributed by atoms with Crippen LogP contribution >= 0.6 is 0 Å². The standard InChI is InChI=1S/C18H17N3O3/c22-17-13-8-4-5-9-14(13)18(23)21(17)11-10-15-19-16(20-24-15)12-6-2-1-3-7-12/h1-7,13-14H,8-11H2. The van der Waals surface area contributed by atoms with E-state index in [1.54, 1.807) is 0 Å². The summed E-state index contributed by atoms with van der Waals surface area (Å²) >= 11 is 0. The molecule has 1 saturated heterocycles. The number of hydrogen-bond donors (Lipinski definition) is 0. The first-order valence-corrected chi connectivity index (χ1v) is 8.12. The minimum Gasteiger partial charge on any atom is -0.339 e. The van der Waals surface area contributed by atoms with Crippen molar-refractivity contribution in [2.45, 2.75) is 19.3 Å². The number of nitrogens with zero attached hydrogens (tertiary/aromatic N) is 3. The van der Waals surface area contributed by atoms with E-state index in [9.17, 15) is 9.59 Å². The van der Waals surface area contributed by atoms with Crippen LogP contribution in [0.5, 0.6) is 0 Å². The van der Waals surface area contributed by atoms with Crippen LogP contribution in [0.15, 0.2) is 47.0 Å². The van der Waals surface area contributed by atoms with Gasteiger partial charge < -0.3 is 4.52 Å². The average Bonchev–Trinajstić information content (AvgIpc) is 3.19. The molecule has 1 aliphatic heterocycles. The van der Waals surface area contributed by atoms with Crippen LogP contribution < -0.4 is 0 Å². The molecule has 2 aromatic rings. The fourth-order valence-corrected chi connectivity index (χ4v) is 3.36. The van der Waals surface area contributed by atoms with Crippen LogP contribution in [-0.4, -0.2) is 33.4 Å². The summed E-state index contributed by atoms with van der Waals surface area (Å²) < 4.78 is 5.25. The molecule has 4 rings (SSSR count). The van der Waals surface area contributed by atoms with Crippen molar-refractivity contribution in [3.63, 3.8) is 0 Å². The highest BCUT2D eigenvalue weighted by molar-refractivity contribution is 6.05. The fraction of sp³-hybridized carbons (Fsp3) is 0.333. The Bertz CT molecular complexity index is 771. The third kappa shape index (κ3) is 2.54. The Hall–Kier alpha value is -2.76. The molecule has 24 heavy (non-hydrogen) atoms. The number of benzene rings is 1. The zero-order valence-electron chi connectivity index (χ0n) is 13.1. The number of aromatic nitrogens is 2. The van der Waals surface area contributed by atoms with E-state index < -0.39 is 0 Å². The maximum absolute atomic E-state index is 12.4. The van der Waals surface area contributed by atoms with Crippen molar-refractivity contribution in [3.05, 3.63) is 48.4 Å². The van der Waals surface area contributed by atoms with E-state index >= 15 is 0 Å². The third-order valence-electron chi connectivity index (χ3n) is 4.65. The molecule has 0 saturated carbocycles. The van der Waals surface area contributed by atoms with Gasteiger partial charge in [-0.25, -0.2) is 0 Å². The van der Waals surface area contributed by atoms with Crippen LogP contribution in [0, 0.1) is 11.8 Å². The summed E-state index contributed by atoms with van der Waals surface area (Å²) in [4.78, 5) is 30.5. The number of carbonyl (C=O) groups excluding carboxylic acids is 2. The van der Waals surface area contributed by atoms with Gasteiger partial charge in [0, 0.05) is 18.5 Å². The maximum Gasteiger partial charge on any atom is 0.233 e. The highest BCUT2D eigenvalue weighted by Gasteiger charge is 2.46. The van der Waals surface area contributed by atoms with E-state index in [1.165, 1.54) is 4.90 Å². The van der Waals surface area contributed by atoms with Crippen LogP contribution in [0.25, 0.3) is 11.4 Å². The first-order valence-electron chi connectivity index (χ1n) is 8.12. The van der Waals surface area contributed by atoms with Crippen LogP contribution in [-0.2, 0) is 16.0 Å². The third-order valence-corrected chi connectivity index (χ3v) is 4.65. The van der Waals surface area contributed by atoms with Gasteiger partial charge in [-0.3, -0.25) is 14.5 Å². The number of imide groups is 1. The van der Waals surface area contributed by atoms with Crippen molar-refractivity contribution in [2.24, 2.45) is 11.8 Å². The van der Waals surface area contributed by atoms with Gasteiger partial charge in [-0.15, -0.1) is 0 Å². The maximum atomic E-state index is 12.4. The summed E-state index contributed by atoms with van der Waals surface area (Å²) in [5.74, 6) is 0.425. The van der Waals surface area contributed by atoms with Crippen molar-refractivity contribution in [1.29, 1.82) is 0 Å². The van der Waals surface area contributed by atoms with E-state index in [-0.39, 0.29) is 23.7 Å². The van der Waals surface area contributed by atoms with Gasteiger partial charge in [0.2, 0.25) is 23.5 Å². The number of allylic oxidation sites excluding steroid dienone is 2. The molecule has 6 heteroatoms. The molecule has 0 N–H and O–H groups in total. The summed E-state index contributed by atoms with van der Waals surface area (Å²) in [7, 11) is 0. The molecule has 1 aromatic carbocycles. The Kier molecular flexibility index (Phi) is 3.72. The van der Waals surface area contributed by atoms with Gasteiger partial charge in [-0.2, -0.15) is 4.98 Å². The zero-order chi connectivity index (χ0) is 16.5. The molecule has 2 heterocycles. The van der Waals surface area contributed by atoms with Gasteiger partial charge >= 0.3 is 0 Å². The predicted molar refractivity (Wildman–Crippen MR) is 85.5 cm³/mol. The topological polar surface area (TPSA) is 76.3 Å². The molecule has 122 valence electrons. The molecule has 1 fully saturated rings. The first kappa shape index (κ1) is 14.8. The number of amides is 2. The average molecular weight is 323 g/mol. The summed E-state index contributed by atoms with van der Waals surface area (Å²) in [5, 5.41) is 3.96. The number of rotatable bonds is 4. The van der Waals surface area contributed by atoms with Crippen LogP contribution in [0.2, 0.25) is 0 Å². The van der Waals surface area contributed by atoms with E-state index in [0.717, 1.165) is 5.56 Å². The Morgan fingerprint density at radius 1 is 1.04 bits per heavy atom. The largest absolute Gasteiger partial charge is 0.339 e. The quantitative estimate of drug-likeness (QED) is 0.637. The normalized spacial score (nSPS) is 22.9. The monoisotopic (exact) mass is 323 g/mol. The second kappa shape index (κ2) is 6.03. The Balaban J connectivity index is 1.43. The number of fused-ring (bicyclic) bond motifs is 1. The highest BCUT2D eigenvalue weighted by atomic mass is 16.5. The molecule has 0 spiro atoms. The fourth-order valence-electron chi connectivity index (χ4n) is 3.36. The molecule has 0 bridgehead atoms. The molecule has 2 unspecified atom stereocenters. The SMILES string of the molecule is O=C1C2CC=CCC2C(=O)N1CCc1nc(-c2ccccc2)no1. The van der Waals surface area contributed by atoms with Crippen molar-refractivity contribution in [2.75, 3.05) is 6.54 Å². The summed E-state index contributed by atoms with van der Waals surface area (Å²) in [6.45, 7) is 0.293. The van der Waals surface area contributed by atoms with Gasteiger partial charge in [-0.1, -0.05) is 47.6 Å².